The van der Waals surface area contributed by atoms with Crippen molar-refractivity contribution >= 4 is 17.7 Å². The normalized spacial score (nSPS) is 12.0. The number of aliphatic carboxylic acids is 1. The number of hydrogen-bond donors (Lipinski definition) is 1. The van der Waals surface area contributed by atoms with Crippen molar-refractivity contribution in [3.05, 3.63) is 60.7 Å². The number of hydrogen-bond acceptors (Lipinski definition) is 4. The average molecular weight is 325 g/mol. The van der Waals surface area contributed by atoms with Crippen LogP contribution in [0.1, 0.15) is 6.92 Å². The van der Waals surface area contributed by atoms with E-state index in [0.717, 1.165) is 28.6 Å². The summed E-state index contributed by atoms with van der Waals surface area (Å²) in [5.41, 5.74) is 2.57. The summed E-state index contributed by atoms with van der Waals surface area (Å²) in [5.74, 6) is -0.243. The van der Waals surface area contributed by atoms with Crippen LogP contribution in [0.15, 0.2) is 70.3 Å². The molecular weight excluding hydrogens is 310 g/mol. The van der Waals surface area contributed by atoms with Crippen LogP contribution in [-0.4, -0.2) is 21.3 Å². The summed E-state index contributed by atoms with van der Waals surface area (Å²) in [5, 5.41) is 8.80. The maximum Gasteiger partial charge on any atom is 0.316 e. The zero-order chi connectivity index (χ0) is 16.2. The van der Waals surface area contributed by atoms with E-state index < -0.39 is 11.2 Å². The Morgan fingerprint density at radius 2 is 1.61 bits per heavy atom. The number of rotatable bonds is 5. The van der Waals surface area contributed by atoms with Gasteiger partial charge in [0, 0.05) is 11.1 Å². The highest BCUT2D eigenvalue weighted by Crippen LogP contribution is 2.36. The van der Waals surface area contributed by atoms with Crippen molar-refractivity contribution in [1.29, 1.82) is 0 Å². The molecule has 0 aliphatic heterocycles. The molecule has 1 atom stereocenters. The van der Waals surface area contributed by atoms with Crippen LogP contribution in [0.2, 0.25) is 0 Å². The van der Waals surface area contributed by atoms with E-state index in [-0.39, 0.29) is 0 Å². The van der Waals surface area contributed by atoms with Gasteiger partial charge in [-0.05, 0) is 6.92 Å². The molecule has 2 aromatic carbocycles. The number of oxazole rings is 1. The van der Waals surface area contributed by atoms with Gasteiger partial charge in [-0.25, -0.2) is 4.98 Å². The van der Waals surface area contributed by atoms with Gasteiger partial charge in [0.05, 0.1) is 0 Å². The summed E-state index contributed by atoms with van der Waals surface area (Å²) in [6.07, 6.45) is 0. The lowest BCUT2D eigenvalue weighted by atomic mass is 10.1. The van der Waals surface area contributed by atoms with E-state index in [9.17, 15) is 4.79 Å². The molecule has 0 spiro atoms. The fraction of sp³-hybridized carbons (Fsp3) is 0.111. The first-order chi connectivity index (χ1) is 11.1. The largest absolute Gasteiger partial charge is 0.480 e. The summed E-state index contributed by atoms with van der Waals surface area (Å²) in [7, 11) is 0. The van der Waals surface area contributed by atoms with Crippen LogP contribution in [-0.2, 0) is 4.79 Å². The van der Waals surface area contributed by atoms with Crippen LogP contribution in [0, 0.1) is 0 Å². The molecule has 0 saturated heterocycles. The van der Waals surface area contributed by atoms with Gasteiger partial charge in [-0.15, -0.1) is 0 Å². The molecule has 0 radical (unpaired) electrons. The average Bonchev–Trinajstić information content (AvgIpc) is 3.00. The molecule has 3 aromatic rings. The molecule has 4 nitrogen and oxygen atoms in total. The lowest BCUT2D eigenvalue weighted by Crippen LogP contribution is -2.10. The van der Waals surface area contributed by atoms with Gasteiger partial charge in [-0.3, -0.25) is 4.79 Å². The minimum absolute atomic E-state index is 0.359. The first-order valence-corrected chi connectivity index (χ1v) is 8.04. The van der Waals surface area contributed by atoms with Crippen molar-refractivity contribution in [2.24, 2.45) is 0 Å². The number of carboxylic acids is 1. The third kappa shape index (κ3) is 3.46. The first-order valence-electron chi connectivity index (χ1n) is 7.16. The van der Waals surface area contributed by atoms with E-state index in [1.807, 2.05) is 60.7 Å². The molecule has 0 saturated carbocycles. The maximum absolute atomic E-state index is 11.0. The topological polar surface area (TPSA) is 63.3 Å². The van der Waals surface area contributed by atoms with E-state index in [1.165, 1.54) is 0 Å². The Hall–Kier alpha value is -2.53. The lowest BCUT2D eigenvalue weighted by Gasteiger charge is -2.01. The molecule has 1 heterocycles. The van der Waals surface area contributed by atoms with Crippen molar-refractivity contribution in [3.8, 4) is 22.6 Å². The Morgan fingerprint density at radius 1 is 1.04 bits per heavy atom. The van der Waals surface area contributed by atoms with Gasteiger partial charge in [0.2, 0.25) is 0 Å². The van der Waals surface area contributed by atoms with Crippen molar-refractivity contribution in [1.82, 2.24) is 4.98 Å². The van der Waals surface area contributed by atoms with E-state index in [0.29, 0.717) is 11.0 Å². The third-order valence-electron chi connectivity index (χ3n) is 3.32. The summed E-state index contributed by atoms with van der Waals surface area (Å²) >= 11 is 1.10. The zero-order valence-corrected chi connectivity index (χ0v) is 13.3. The molecular formula is C18H15NO3S. The fourth-order valence-electron chi connectivity index (χ4n) is 2.13. The number of carboxylic acid groups (broad SMARTS) is 1. The number of thioether (sulfide) groups is 1. The van der Waals surface area contributed by atoms with Crippen molar-refractivity contribution in [2.45, 2.75) is 17.4 Å². The molecule has 116 valence electrons. The molecule has 0 aliphatic carbocycles. The molecule has 1 aromatic heterocycles. The summed E-state index contributed by atoms with van der Waals surface area (Å²) in [6.45, 7) is 1.61. The van der Waals surface area contributed by atoms with Gasteiger partial charge in [0.1, 0.15) is 10.9 Å². The summed E-state index contributed by atoms with van der Waals surface area (Å²) < 4.78 is 5.86. The Labute approximate surface area is 138 Å². The smallest absolute Gasteiger partial charge is 0.316 e. The fourth-order valence-corrected chi connectivity index (χ4v) is 2.81. The van der Waals surface area contributed by atoms with Gasteiger partial charge in [0.15, 0.2) is 5.76 Å². The van der Waals surface area contributed by atoms with Gasteiger partial charge in [-0.2, -0.15) is 0 Å². The highest BCUT2D eigenvalue weighted by atomic mass is 32.2. The van der Waals surface area contributed by atoms with Crippen molar-refractivity contribution < 1.29 is 14.3 Å². The maximum atomic E-state index is 11.0. The van der Waals surface area contributed by atoms with E-state index in [2.05, 4.69) is 4.98 Å². The summed E-state index contributed by atoms with van der Waals surface area (Å²) in [6, 6.07) is 19.4. The van der Waals surface area contributed by atoms with E-state index >= 15 is 0 Å². The predicted octanol–water partition coefficient (Wildman–Crippen LogP) is 4.57. The molecule has 0 amide bonds. The number of nitrogens with zero attached hydrogens (tertiary/aromatic N) is 1. The lowest BCUT2D eigenvalue weighted by molar-refractivity contribution is -0.136. The minimum atomic E-state index is -0.893. The van der Waals surface area contributed by atoms with Gasteiger partial charge < -0.3 is 9.52 Å². The van der Waals surface area contributed by atoms with Gasteiger partial charge in [-0.1, -0.05) is 72.4 Å². The highest BCUT2D eigenvalue weighted by molar-refractivity contribution is 8.00. The van der Waals surface area contributed by atoms with Crippen LogP contribution in [0.25, 0.3) is 22.6 Å². The molecule has 5 heteroatoms. The second-order valence-electron chi connectivity index (χ2n) is 4.99. The van der Waals surface area contributed by atoms with Crippen LogP contribution < -0.4 is 0 Å². The molecule has 0 bridgehead atoms. The number of aromatic nitrogens is 1. The molecule has 1 unspecified atom stereocenters. The monoisotopic (exact) mass is 325 g/mol. The molecule has 0 fully saturated rings. The van der Waals surface area contributed by atoms with Gasteiger partial charge in [0.25, 0.3) is 5.22 Å². The quantitative estimate of drug-likeness (QED) is 0.696. The molecule has 0 aliphatic rings. The van der Waals surface area contributed by atoms with Crippen LogP contribution in [0.3, 0.4) is 0 Å². The van der Waals surface area contributed by atoms with E-state index in [1.54, 1.807) is 6.92 Å². The number of benzene rings is 2. The Balaban J connectivity index is 2.06. The van der Waals surface area contributed by atoms with Gasteiger partial charge >= 0.3 is 5.97 Å². The van der Waals surface area contributed by atoms with Crippen molar-refractivity contribution in [2.75, 3.05) is 0 Å². The Morgan fingerprint density at radius 3 is 2.17 bits per heavy atom. The predicted molar refractivity (Wildman–Crippen MR) is 90.3 cm³/mol. The Bertz CT molecular complexity index is 743. The zero-order valence-electron chi connectivity index (χ0n) is 12.5. The van der Waals surface area contributed by atoms with Crippen LogP contribution in [0.4, 0.5) is 0 Å². The minimum Gasteiger partial charge on any atom is -0.480 e. The van der Waals surface area contributed by atoms with E-state index in [4.69, 9.17) is 9.52 Å². The standard InChI is InChI=1S/C18H15NO3S/c1-12(17(20)21)23-18-19-15(13-8-4-2-5-9-13)16(22-18)14-10-6-3-7-11-14/h2-12H,1H3,(H,20,21). The first kappa shape index (κ1) is 15.4. The summed E-state index contributed by atoms with van der Waals surface area (Å²) in [4.78, 5) is 15.6. The SMILES string of the molecule is CC(Sc1nc(-c2ccccc2)c(-c2ccccc2)o1)C(=O)O. The van der Waals surface area contributed by atoms with Crippen molar-refractivity contribution in [3.63, 3.8) is 0 Å². The van der Waals surface area contributed by atoms with Crippen LogP contribution in [0.5, 0.6) is 0 Å². The number of carbonyl (C=O) groups is 1. The molecule has 3 rings (SSSR count). The molecule has 1 N–H and O–H groups in total. The third-order valence-corrected chi connectivity index (χ3v) is 4.25. The highest BCUT2D eigenvalue weighted by Gasteiger charge is 2.21. The van der Waals surface area contributed by atoms with Crippen LogP contribution >= 0.6 is 11.8 Å². The Kier molecular flexibility index (Phi) is 4.48. The second-order valence-corrected chi connectivity index (χ2v) is 6.28. The molecule has 23 heavy (non-hydrogen) atoms. The second kappa shape index (κ2) is 6.71.